The number of amides is 1. The Hall–Kier alpha value is -2.74. The minimum Gasteiger partial charge on any atom is -0.465 e. The van der Waals surface area contributed by atoms with E-state index in [1.807, 2.05) is 0 Å². The van der Waals surface area contributed by atoms with E-state index < -0.39 is 17.9 Å². The number of nitrogens with two attached hydrogens (primary N) is 2. The van der Waals surface area contributed by atoms with E-state index in [2.05, 4.69) is 4.74 Å². The second-order valence-electron chi connectivity index (χ2n) is 4.33. The first-order valence-electron chi connectivity index (χ1n) is 6.34. The number of hydrogen-bond acceptors (Lipinski definition) is 6. The van der Waals surface area contributed by atoms with E-state index in [0.29, 0.717) is 21.0 Å². The molecule has 0 heterocycles. The number of nitrogen functional groups attached to an aromatic ring is 1. The molecule has 0 aliphatic carbocycles. The SMILES string of the molecule is COC(=O)c1ccc(Sc2cccc(F)c2OC(N)=O)c(N)c1. The number of carbonyl (C=O) groups is 2. The lowest BCUT2D eigenvalue weighted by Crippen LogP contribution is -2.17. The van der Waals surface area contributed by atoms with Crippen LogP contribution in [0.3, 0.4) is 0 Å². The lowest BCUT2D eigenvalue weighted by atomic mass is 10.2. The quantitative estimate of drug-likeness (QED) is 0.657. The van der Waals surface area contributed by atoms with Gasteiger partial charge in [-0.1, -0.05) is 17.8 Å². The van der Waals surface area contributed by atoms with Crippen LogP contribution in [-0.2, 0) is 4.74 Å². The smallest absolute Gasteiger partial charge is 0.410 e. The fraction of sp³-hybridized carbons (Fsp3) is 0.0667. The first kappa shape index (κ1) is 16.6. The Labute approximate surface area is 135 Å². The van der Waals surface area contributed by atoms with Gasteiger partial charge in [0.25, 0.3) is 0 Å². The zero-order valence-electron chi connectivity index (χ0n) is 12.0. The van der Waals surface area contributed by atoms with Crippen molar-refractivity contribution in [2.75, 3.05) is 12.8 Å². The van der Waals surface area contributed by atoms with Crippen molar-refractivity contribution in [1.29, 1.82) is 0 Å². The predicted molar refractivity (Wildman–Crippen MR) is 82.9 cm³/mol. The number of anilines is 1. The molecular weight excluding hydrogens is 323 g/mol. The maximum Gasteiger partial charge on any atom is 0.410 e. The predicted octanol–water partition coefficient (Wildman–Crippen LogP) is 2.80. The van der Waals surface area contributed by atoms with Crippen LogP contribution in [-0.4, -0.2) is 19.2 Å². The molecule has 0 atom stereocenters. The van der Waals surface area contributed by atoms with Crippen LogP contribution in [0.2, 0.25) is 0 Å². The molecule has 2 aromatic rings. The van der Waals surface area contributed by atoms with Gasteiger partial charge in [-0.05, 0) is 30.3 Å². The molecule has 8 heteroatoms. The molecule has 0 radical (unpaired) electrons. The third kappa shape index (κ3) is 3.92. The maximum atomic E-state index is 13.8. The number of ether oxygens (including phenoxy) is 2. The number of methoxy groups -OCH3 is 1. The zero-order chi connectivity index (χ0) is 17.0. The fourth-order valence-corrected chi connectivity index (χ4v) is 2.70. The molecule has 120 valence electrons. The topological polar surface area (TPSA) is 105 Å². The van der Waals surface area contributed by atoms with Crippen molar-refractivity contribution >= 4 is 29.5 Å². The van der Waals surface area contributed by atoms with Gasteiger partial charge >= 0.3 is 12.1 Å². The maximum absolute atomic E-state index is 13.8. The van der Waals surface area contributed by atoms with Crippen LogP contribution in [0.25, 0.3) is 0 Å². The van der Waals surface area contributed by atoms with Crippen LogP contribution in [0.1, 0.15) is 10.4 Å². The lowest BCUT2D eigenvalue weighted by Gasteiger charge is -2.11. The summed E-state index contributed by atoms with van der Waals surface area (Å²) in [5.41, 5.74) is 11.4. The first-order valence-corrected chi connectivity index (χ1v) is 7.15. The molecule has 0 aromatic heterocycles. The number of benzene rings is 2. The number of hydrogen-bond donors (Lipinski definition) is 2. The van der Waals surface area contributed by atoms with Crippen molar-refractivity contribution < 1.29 is 23.5 Å². The van der Waals surface area contributed by atoms with Gasteiger partial charge in [-0.15, -0.1) is 0 Å². The largest absolute Gasteiger partial charge is 0.465 e. The van der Waals surface area contributed by atoms with Crippen LogP contribution in [0.4, 0.5) is 14.9 Å². The Kier molecular flexibility index (Phi) is 5.07. The van der Waals surface area contributed by atoms with Crippen LogP contribution < -0.4 is 16.2 Å². The summed E-state index contributed by atoms with van der Waals surface area (Å²) in [6.45, 7) is 0. The number of primary amides is 1. The number of carbonyl (C=O) groups excluding carboxylic acids is 2. The van der Waals surface area contributed by atoms with Crippen molar-refractivity contribution in [2.24, 2.45) is 5.73 Å². The number of rotatable bonds is 4. The molecule has 0 unspecified atom stereocenters. The van der Waals surface area contributed by atoms with Crippen molar-refractivity contribution in [2.45, 2.75) is 9.79 Å². The fourth-order valence-electron chi connectivity index (χ4n) is 1.77. The molecular formula is C15H13FN2O4S. The molecule has 23 heavy (non-hydrogen) atoms. The van der Waals surface area contributed by atoms with E-state index in [-0.39, 0.29) is 5.75 Å². The van der Waals surface area contributed by atoms with Gasteiger partial charge in [-0.2, -0.15) is 0 Å². The van der Waals surface area contributed by atoms with Gasteiger partial charge in [0.15, 0.2) is 11.6 Å². The van der Waals surface area contributed by atoms with Crippen molar-refractivity contribution in [3.63, 3.8) is 0 Å². The monoisotopic (exact) mass is 336 g/mol. The summed E-state index contributed by atoms with van der Waals surface area (Å²) in [5.74, 6) is -1.52. The molecule has 0 aliphatic rings. The molecule has 2 rings (SSSR count). The van der Waals surface area contributed by atoms with Gasteiger partial charge in [-0.25, -0.2) is 14.0 Å². The Balaban J connectivity index is 2.34. The molecule has 0 bridgehead atoms. The van der Waals surface area contributed by atoms with Crippen molar-refractivity contribution in [3.05, 3.63) is 47.8 Å². The van der Waals surface area contributed by atoms with Gasteiger partial charge in [0.1, 0.15) is 0 Å². The minimum absolute atomic E-state index is 0.276. The molecule has 1 amide bonds. The second kappa shape index (κ2) is 7.01. The highest BCUT2D eigenvalue weighted by Crippen LogP contribution is 2.39. The lowest BCUT2D eigenvalue weighted by molar-refractivity contribution is 0.0600. The molecule has 0 spiro atoms. The normalized spacial score (nSPS) is 10.2. The Bertz CT molecular complexity index is 767. The molecule has 2 aromatic carbocycles. The molecule has 0 saturated carbocycles. The number of para-hydroxylation sites is 1. The van der Waals surface area contributed by atoms with E-state index in [4.69, 9.17) is 16.2 Å². The Morgan fingerprint density at radius 2 is 1.91 bits per heavy atom. The summed E-state index contributed by atoms with van der Waals surface area (Å²) < 4.78 is 23.1. The van der Waals surface area contributed by atoms with Gasteiger partial charge in [0.2, 0.25) is 0 Å². The second-order valence-corrected chi connectivity index (χ2v) is 5.42. The minimum atomic E-state index is -1.12. The van der Waals surface area contributed by atoms with E-state index in [9.17, 15) is 14.0 Å². The summed E-state index contributed by atoms with van der Waals surface area (Å²) in [5, 5.41) is 0. The molecule has 0 fully saturated rings. The molecule has 6 nitrogen and oxygen atoms in total. The van der Waals surface area contributed by atoms with Gasteiger partial charge < -0.3 is 20.9 Å². The number of esters is 1. The summed E-state index contributed by atoms with van der Waals surface area (Å²) >= 11 is 1.08. The molecule has 4 N–H and O–H groups in total. The van der Waals surface area contributed by atoms with E-state index in [1.165, 1.54) is 25.3 Å². The summed E-state index contributed by atoms with van der Waals surface area (Å²) in [7, 11) is 1.27. The summed E-state index contributed by atoms with van der Waals surface area (Å²) in [6, 6.07) is 8.72. The zero-order valence-corrected chi connectivity index (χ0v) is 12.9. The Morgan fingerprint density at radius 1 is 1.17 bits per heavy atom. The average Bonchev–Trinajstić information content (AvgIpc) is 2.51. The molecule has 0 aliphatic heterocycles. The van der Waals surface area contributed by atoms with E-state index in [0.717, 1.165) is 17.8 Å². The Morgan fingerprint density at radius 3 is 2.52 bits per heavy atom. The third-order valence-electron chi connectivity index (χ3n) is 2.78. The van der Waals surface area contributed by atoms with E-state index in [1.54, 1.807) is 12.1 Å². The highest BCUT2D eigenvalue weighted by molar-refractivity contribution is 7.99. The highest BCUT2D eigenvalue weighted by Gasteiger charge is 2.16. The average molecular weight is 336 g/mol. The van der Waals surface area contributed by atoms with Crippen LogP contribution in [0.5, 0.6) is 5.75 Å². The number of halogens is 1. The highest BCUT2D eigenvalue weighted by atomic mass is 32.2. The standard InChI is InChI=1S/C15H13FN2O4S/c1-21-14(19)8-5-6-11(10(17)7-8)23-12-4-2-3-9(16)13(12)22-15(18)20/h2-7H,17H2,1H3,(H2,18,20). The summed E-state index contributed by atoms with van der Waals surface area (Å²) in [6.07, 6.45) is -1.12. The molecule has 0 saturated heterocycles. The van der Waals surface area contributed by atoms with Crippen molar-refractivity contribution in [3.8, 4) is 5.75 Å². The van der Waals surface area contributed by atoms with Gasteiger partial charge in [0, 0.05) is 10.6 Å². The third-order valence-corrected chi connectivity index (χ3v) is 3.92. The van der Waals surface area contributed by atoms with Crippen LogP contribution in [0, 0.1) is 5.82 Å². The van der Waals surface area contributed by atoms with Crippen molar-refractivity contribution in [1.82, 2.24) is 0 Å². The van der Waals surface area contributed by atoms with Gasteiger partial charge in [0.05, 0.1) is 17.6 Å². The summed E-state index contributed by atoms with van der Waals surface area (Å²) in [4.78, 5) is 23.2. The first-order chi connectivity index (χ1) is 10.9. The van der Waals surface area contributed by atoms with E-state index >= 15 is 0 Å². The van der Waals surface area contributed by atoms with Gasteiger partial charge in [-0.3, -0.25) is 0 Å². The van der Waals surface area contributed by atoms with Crippen LogP contribution >= 0.6 is 11.8 Å². The van der Waals surface area contributed by atoms with Crippen LogP contribution in [0.15, 0.2) is 46.2 Å².